The first-order valence-electron chi connectivity index (χ1n) is 8.57. The number of hydrogen-bond acceptors (Lipinski definition) is 6. The van der Waals surface area contributed by atoms with Gasteiger partial charge in [-0.15, -0.1) is 11.3 Å². The van der Waals surface area contributed by atoms with Crippen molar-refractivity contribution in [1.29, 1.82) is 5.26 Å². The van der Waals surface area contributed by atoms with Gasteiger partial charge in [0, 0.05) is 30.7 Å². The molecule has 0 saturated heterocycles. The van der Waals surface area contributed by atoms with Crippen LogP contribution in [-0.4, -0.2) is 39.8 Å². The highest BCUT2D eigenvalue weighted by molar-refractivity contribution is 7.16. The summed E-state index contributed by atoms with van der Waals surface area (Å²) in [4.78, 5) is 26.7. The molecule has 0 bridgehead atoms. The van der Waals surface area contributed by atoms with Crippen LogP contribution in [0.4, 0.5) is 9.80 Å². The zero-order valence-electron chi connectivity index (χ0n) is 15.4. The molecule has 0 atom stereocenters. The molecule has 3 heterocycles. The lowest BCUT2D eigenvalue weighted by molar-refractivity contribution is -0.111. The molecule has 1 aliphatic rings. The van der Waals surface area contributed by atoms with E-state index in [0.717, 1.165) is 10.4 Å². The second-order valence-electron chi connectivity index (χ2n) is 6.05. The lowest BCUT2D eigenvalue weighted by atomic mass is 10.0. The van der Waals surface area contributed by atoms with Gasteiger partial charge in [0.15, 0.2) is 0 Å². The lowest BCUT2D eigenvalue weighted by Gasteiger charge is -2.25. The zero-order valence-corrected chi connectivity index (χ0v) is 16.9. The number of nitrogens with one attached hydrogen (secondary N) is 1. The van der Waals surface area contributed by atoms with Crippen LogP contribution in [0.5, 0.6) is 0 Å². The molecule has 0 aromatic carbocycles. The van der Waals surface area contributed by atoms with E-state index in [1.807, 2.05) is 0 Å². The van der Waals surface area contributed by atoms with E-state index in [1.54, 1.807) is 29.7 Å². The standard InChI is InChI=1S/C18H18ClN5O3S/c1-3-27-18(26)24-7-6-11-12(8-20)17(28-15(11)10-24)21-16(25)5-4-14-13(19)9-23(2)22-14/h4-5,9H,3,6-7,10H2,1-2H3,(H,21,25)/b5-4+. The monoisotopic (exact) mass is 419 g/mol. The third-order valence-electron chi connectivity index (χ3n) is 4.13. The molecule has 0 unspecified atom stereocenters. The average molecular weight is 420 g/mol. The van der Waals surface area contributed by atoms with Crippen LogP contribution in [0.15, 0.2) is 12.3 Å². The Morgan fingerprint density at radius 2 is 2.32 bits per heavy atom. The summed E-state index contributed by atoms with van der Waals surface area (Å²) in [5, 5.41) is 17.3. The van der Waals surface area contributed by atoms with E-state index < -0.39 is 0 Å². The Kier molecular flexibility index (Phi) is 6.02. The molecule has 1 N–H and O–H groups in total. The number of thiophene rings is 1. The molecular formula is C18H18ClN5O3S. The maximum Gasteiger partial charge on any atom is 0.410 e. The largest absolute Gasteiger partial charge is 0.450 e. The fraction of sp³-hybridized carbons (Fsp3) is 0.333. The van der Waals surface area contributed by atoms with Gasteiger partial charge in [-0.2, -0.15) is 10.4 Å². The smallest absolute Gasteiger partial charge is 0.410 e. The van der Waals surface area contributed by atoms with Gasteiger partial charge in [0.05, 0.1) is 23.7 Å². The Morgan fingerprint density at radius 1 is 1.54 bits per heavy atom. The first-order valence-corrected chi connectivity index (χ1v) is 9.76. The Balaban J connectivity index is 1.75. The van der Waals surface area contributed by atoms with E-state index >= 15 is 0 Å². The van der Waals surface area contributed by atoms with Crippen molar-refractivity contribution in [3.05, 3.63) is 39.0 Å². The molecule has 3 rings (SSSR count). The first kappa shape index (κ1) is 19.9. The highest BCUT2D eigenvalue weighted by atomic mass is 35.5. The summed E-state index contributed by atoms with van der Waals surface area (Å²) >= 11 is 7.32. The summed E-state index contributed by atoms with van der Waals surface area (Å²) < 4.78 is 6.59. The van der Waals surface area contributed by atoms with Gasteiger partial charge in [0.1, 0.15) is 16.8 Å². The maximum absolute atomic E-state index is 12.3. The van der Waals surface area contributed by atoms with Crippen molar-refractivity contribution in [2.45, 2.75) is 19.9 Å². The van der Waals surface area contributed by atoms with Crippen molar-refractivity contribution in [3.8, 4) is 6.07 Å². The highest BCUT2D eigenvalue weighted by Crippen LogP contribution is 2.36. The van der Waals surface area contributed by atoms with Crippen LogP contribution in [0.2, 0.25) is 5.02 Å². The molecule has 10 heteroatoms. The van der Waals surface area contributed by atoms with Gasteiger partial charge < -0.3 is 15.0 Å². The number of amides is 2. The van der Waals surface area contributed by atoms with E-state index in [9.17, 15) is 14.9 Å². The number of carbonyl (C=O) groups is 2. The topological polar surface area (TPSA) is 100 Å². The summed E-state index contributed by atoms with van der Waals surface area (Å²) in [6.45, 7) is 2.90. The highest BCUT2D eigenvalue weighted by Gasteiger charge is 2.27. The van der Waals surface area contributed by atoms with Crippen LogP contribution in [0.3, 0.4) is 0 Å². The first-order chi connectivity index (χ1) is 13.4. The quantitative estimate of drug-likeness (QED) is 0.767. The van der Waals surface area contributed by atoms with Crippen molar-refractivity contribution in [1.82, 2.24) is 14.7 Å². The Hall–Kier alpha value is -2.83. The van der Waals surface area contributed by atoms with Crippen LogP contribution in [0.1, 0.15) is 28.6 Å². The van der Waals surface area contributed by atoms with Crippen LogP contribution in [-0.2, 0) is 29.5 Å². The summed E-state index contributed by atoms with van der Waals surface area (Å²) in [6.07, 6.45) is 4.64. The number of anilines is 1. The molecule has 0 radical (unpaired) electrons. The fourth-order valence-corrected chi connectivity index (χ4v) is 4.34. The normalized spacial score (nSPS) is 13.3. The molecular weight excluding hydrogens is 402 g/mol. The number of carbonyl (C=O) groups excluding carboxylic acids is 2. The van der Waals surface area contributed by atoms with Crippen molar-refractivity contribution >= 4 is 46.0 Å². The summed E-state index contributed by atoms with van der Waals surface area (Å²) in [6, 6.07) is 2.16. The summed E-state index contributed by atoms with van der Waals surface area (Å²) in [5.74, 6) is -0.390. The third-order valence-corrected chi connectivity index (χ3v) is 5.56. The van der Waals surface area contributed by atoms with Gasteiger partial charge in [-0.3, -0.25) is 9.48 Å². The molecule has 28 heavy (non-hydrogen) atoms. The Bertz CT molecular complexity index is 988. The van der Waals surface area contributed by atoms with E-state index in [4.69, 9.17) is 16.3 Å². The second kappa shape index (κ2) is 8.46. The zero-order chi connectivity index (χ0) is 20.3. The van der Waals surface area contributed by atoms with E-state index in [-0.39, 0.29) is 12.0 Å². The van der Waals surface area contributed by atoms with Crippen molar-refractivity contribution in [2.75, 3.05) is 18.5 Å². The van der Waals surface area contributed by atoms with Crippen molar-refractivity contribution in [2.24, 2.45) is 7.05 Å². The van der Waals surface area contributed by atoms with E-state index in [0.29, 0.717) is 47.4 Å². The van der Waals surface area contributed by atoms with Gasteiger partial charge in [-0.05, 0) is 25.0 Å². The SMILES string of the molecule is CCOC(=O)N1CCc2c(sc(NC(=O)/C=C/c3nn(C)cc3Cl)c2C#N)C1. The molecule has 2 aromatic rings. The number of rotatable bonds is 4. The molecule has 0 saturated carbocycles. The van der Waals surface area contributed by atoms with Gasteiger partial charge in [0.25, 0.3) is 0 Å². The third kappa shape index (κ3) is 4.18. The van der Waals surface area contributed by atoms with Crippen LogP contribution in [0.25, 0.3) is 6.08 Å². The number of hydrogen-bond donors (Lipinski definition) is 1. The number of fused-ring (bicyclic) bond motifs is 1. The number of nitriles is 1. The predicted molar refractivity (Wildman–Crippen MR) is 106 cm³/mol. The fourth-order valence-electron chi connectivity index (χ4n) is 2.88. The molecule has 146 valence electrons. The van der Waals surface area contributed by atoms with Crippen LogP contribution < -0.4 is 5.32 Å². The number of aryl methyl sites for hydroxylation is 1. The van der Waals surface area contributed by atoms with Gasteiger partial charge >= 0.3 is 6.09 Å². The van der Waals surface area contributed by atoms with Gasteiger partial charge in [0.2, 0.25) is 5.91 Å². The van der Waals surface area contributed by atoms with Crippen molar-refractivity contribution in [3.63, 3.8) is 0 Å². The Labute approximate surface area is 170 Å². The predicted octanol–water partition coefficient (Wildman–Crippen LogP) is 3.17. The number of halogens is 1. The van der Waals surface area contributed by atoms with E-state index in [2.05, 4.69) is 16.5 Å². The number of aromatic nitrogens is 2. The number of nitrogens with zero attached hydrogens (tertiary/aromatic N) is 4. The second-order valence-corrected chi connectivity index (χ2v) is 7.56. The molecule has 8 nitrogen and oxygen atoms in total. The minimum absolute atomic E-state index is 0.310. The summed E-state index contributed by atoms with van der Waals surface area (Å²) in [7, 11) is 1.73. The van der Waals surface area contributed by atoms with Gasteiger partial charge in [-0.1, -0.05) is 11.6 Å². The summed E-state index contributed by atoms with van der Waals surface area (Å²) in [5.41, 5.74) is 1.80. The molecule has 2 aromatic heterocycles. The van der Waals surface area contributed by atoms with Crippen molar-refractivity contribution < 1.29 is 14.3 Å². The number of ether oxygens (including phenoxy) is 1. The molecule has 1 aliphatic heterocycles. The maximum atomic E-state index is 12.3. The van der Waals surface area contributed by atoms with Gasteiger partial charge in [-0.25, -0.2) is 4.79 Å². The average Bonchev–Trinajstić information content (AvgIpc) is 3.17. The molecule has 0 fully saturated rings. The molecule has 2 amide bonds. The Morgan fingerprint density at radius 3 is 2.96 bits per heavy atom. The minimum atomic E-state index is -0.390. The molecule has 0 spiro atoms. The van der Waals surface area contributed by atoms with Crippen LogP contribution in [0, 0.1) is 11.3 Å². The minimum Gasteiger partial charge on any atom is -0.450 e. The van der Waals surface area contributed by atoms with E-state index in [1.165, 1.54) is 23.5 Å². The van der Waals surface area contributed by atoms with Crippen LogP contribution >= 0.6 is 22.9 Å². The molecule has 0 aliphatic carbocycles. The lowest BCUT2D eigenvalue weighted by Crippen LogP contribution is -2.35.